The van der Waals surface area contributed by atoms with Crippen LogP contribution in [0.15, 0.2) is 24.5 Å². The van der Waals surface area contributed by atoms with Crippen LogP contribution in [0.5, 0.6) is 0 Å². The van der Waals surface area contributed by atoms with Crippen LogP contribution >= 0.6 is 11.6 Å². The third-order valence-corrected chi connectivity index (χ3v) is 6.24. The van der Waals surface area contributed by atoms with E-state index in [9.17, 15) is 9.18 Å². The first-order chi connectivity index (χ1) is 12.5. The average molecular weight is 377 g/mol. The Hall–Kier alpha value is -1.92. The number of carbonyl (C=O) groups is 1. The van der Waals surface area contributed by atoms with E-state index in [-0.39, 0.29) is 23.7 Å². The summed E-state index contributed by atoms with van der Waals surface area (Å²) in [6, 6.07) is 4.19. The van der Waals surface area contributed by atoms with Gasteiger partial charge < -0.3 is 9.88 Å². The normalized spacial score (nSPS) is 19.6. The average Bonchev–Trinajstić information content (AvgIpc) is 3.11. The lowest BCUT2D eigenvalue weighted by Crippen LogP contribution is -2.55. The Kier molecular flexibility index (Phi) is 4.49. The predicted molar refractivity (Wildman–Crippen MR) is 97.5 cm³/mol. The second-order valence-electron chi connectivity index (χ2n) is 7.23. The number of aromatic amines is 1. The lowest BCUT2D eigenvalue weighted by atomic mass is 9.79. The van der Waals surface area contributed by atoms with Gasteiger partial charge >= 0.3 is 0 Å². The smallest absolute Gasteiger partial charge is 0.227 e. The van der Waals surface area contributed by atoms with Gasteiger partial charge in [0, 0.05) is 36.8 Å². The fourth-order valence-corrected chi connectivity index (χ4v) is 4.51. The number of likely N-dealkylation sites (N-methyl/N-ethyl adjacent to an activating group) is 1. The van der Waals surface area contributed by atoms with Gasteiger partial charge in [-0.2, -0.15) is 0 Å². The van der Waals surface area contributed by atoms with Gasteiger partial charge in [0.2, 0.25) is 5.91 Å². The molecule has 0 unspecified atom stereocenters. The Morgan fingerprint density at radius 3 is 2.85 bits per heavy atom. The van der Waals surface area contributed by atoms with Crippen LogP contribution in [-0.2, 0) is 23.2 Å². The quantitative estimate of drug-likeness (QED) is 0.876. The van der Waals surface area contributed by atoms with Crippen LogP contribution < -0.4 is 0 Å². The summed E-state index contributed by atoms with van der Waals surface area (Å²) in [5.41, 5.74) is 2.95. The number of fused-ring (bicyclic) bond motifs is 2. The number of hydrogen-bond donors (Lipinski definition) is 1. The van der Waals surface area contributed by atoms with Gasteiger partial charge in [0.15, 0.2) is 0 Å². The van der Waals surface area contributed by atoms with Gasteiger partial charge in [-0.1, -0.05) is 17.7 Å². The first-order valence-corrected chi connectivity index (χ1v) is 9.33. The Labute approximate surface area is 157 Å². The molecule has 0 bridgehead atoms. The summed E-state index contributed by atoms with van der Waals surface area (Å²) < 4.78 is 13.2. The van der Waals surface area contributed by atoms with Crippen molar-refractivity contribution in [1.29, 1.82) is 0 Å². The molecule has 0 aliphatic carbocycles. The minimum Gasteiger partial charge on any atom is -0.348 e. The van der Waals surface area contributed by atoms with Gasteiger partial charge in [0.05, 0.1) is 24.0 Å². The summed E-state index contributed by atoms with van der Waals surface area (Å²) in [7, 11) is 2.15. The van der Waals surface area contributed by atoms with Gasteiger partial charge in [-0.25, -0.2) is 9.37 Å². The highest BCUT2D eigenvalue weighted by Gasteiger charge is 2.45. The van der Waals surface area contributed by atoms with E-state index in [0.29, 0.717) is 23.7 Å². The SMILES string of the molecule is CN1CCc2[nH]cnc2C12CCN(C(=O)Cc1ccc(F)cc1Cl)CC2. The summed E-state index contributed by atoms with van der Waals surface area (Å²) in [5, 5.41) is 0.306. The molecule has 5 nitrogen and oxygen atoms in total. The fraction of sp³-hybridized carbons (Fsp3) is 0.474. The second kappa shape index (κ2) is 6.67. The van der Waals surface area contributed by atoms with Crippen LogP contribution in [0.4, 0.5) is 4.39 Å². The molecule has 2 aliphatic rings. The van der Waals surface area contributed by atoms with E-state index in [1.54, 1.807) is 12.4 Å². The molecule has 7 heteroatoms. The fourth-order valence-electron chi connectivity index (χ4n) is 4.27. The van der Waals surface area contributed by atoms with E-state index in [1.807, 2.05) is 4.90 Å². The van der Waals surface area contributed by atoms with Crippen molar-refractivity contribution in [3.8, 4) is 0 Å². The first kappa shape index (κ1) is 17.5. The molecule has 3 heterocycles. The predicted octanol–water partition coefficient (Wildman–Crippen LogP) is 2.75. The Morgan fingerprint density at radius 1 is 1.35 bits per heavy atom. The zero-order valence-electron chi connectivity index (χ0n) is 14.8. The molecule has 138 valence electrons. The number of H-pyrrole nitrogens is 1. The molecule has 2 aliphatic heterocycles. The van der Waals surface area contributed by atoms with Gasteiger partial charge in [-0.05, 0) is 37.6 Å². The van der Waals surface area contributed by atoms with Crippen molar-refractivity contribution in [2.45, 2.75) is 31.2 Å². The van der Waals surface area contributed by atoms with Gasteiger partial charge in [-0.15, -0.1) is 0 Å². The maximum Gasteiger partial charge on any atom is 0.227 e. The molecule has 26 heavy (non-hydrogen) atoms. The van der Waals surface area contributed by atoms with Crippen LogP contribution in [0.25, 0.3) is 0 Å². The number of likely N-dealkylation sites (tertiary alicyclic amines) is 1. The monoisotopic (exact) mass is 376 g/mol. The van der Waals surface area contributed by atoms with Crippen molar-refractivity contribution in [1.82, 2.24) is 19.8 Å². The lowest BCUT2D eigenvalue weighted by Gasteiger charge is -2.49. The number of hydrogen-bond acceptors (Lipinski definition) is 3. The molecule has 2 aromatic rings. The number of piperidine rings is 1. The Morgan fingerprint density at radius 2 is 2.12 bits per heavy atom. The van der Waals surface area contributed by atoms with Crippen molar-refractivity contribution in [2.75, 3.05) is 26.7 Å². The summed E-state index contributed by atoms with van der Waals surface area (Å²) >= 11 is 6.06. The number of imidazole rings is 1. The highest BCUT2D eigenvalue weighted by Crippen LogP contribution is 2.41. The zero-order chi connectivity index (χ0) is 18.3. The van der Waals surface area contributed by atoms with Crippen LogP contribution in [0, 0.1) is 5.82 Å². The molecule has 1 fully saturated rings. The molecular weight excluding hydrogens is 355 g/mol. The number of nitrogens with zero attached hydrogens (tertiary/aromatic N) is 3. The molecule has 1 aromatic carbocycles. The highest BCUT2D eigenvalue weighted by molar-refractivity contribution is 6.31. The summed E-state index contributed by atoms with van der Waals surface area (Å²) in [5.74, 6) is -0.352. The third-order valence-electron chi connectivity index (χ3n) is 5.89. The molecule has 1 spiro atoms. The van der Waals surface area contributed by atoms with Crippen LogP contribution in [-0.4, -0.2) is 52.4 Å². The molecule has 0 radical (unpaired) electrons. The molecule has 1 saturated heterocycles. The van der Waals surface area contributed by atoms with Crippen molar-refractivity contribution in [3.63, 3.8) is 0 Å². The zero-order valence-corrected chi connectivity index (χ0v) is 15.5. The Balaban J connectivity index is 1.46. The van der Waals surface area contributed by atoms with E-state index >= 15 is 0 Å². The van der Waals surface area contributed by atoms with Gasteiger partial charge in [0.25, 0.3) is 0 Å². The standard InChI is InChI=1S/C19H22ClFN4O/c1-24-7-4-16-18(23-12-22-16)19(24)5-8-25(9-6-19)17(26)10-13-2-3-14(21)11-15(13)20/h2-3,11-12H,4-10H2,1H3,(H,22,23). The topological polar surface area (TPSA) is 52.2 Å². The van der Waals surface area contributed by atoms with Crippen molar-refractivity contribution in [3.05, 3.63) is 52.3 Å². The van der Waals surface area contributed by atoms with E-state index < -0.39 is 0 Å². The van der Waals surface area contributed by atoms with E-state index in [1.165, 1.54) is 17.8 Å². The summed E-state index contributed by atoms with van der Waals surface area (Å²) in [4.78, 5) is 24.8. The van der Waals surface area contributed by atoms with Crippen molar-refractivity contribution >= 4 is 17.5 Å². The number of amides is 1. The van der Waals surface area contributed by atoms with E-state index in [4.69, 9.17) is 11.6 Å². The molecule has 0 atom stereocenters. The van der Waals surface area contributed by atoms with Crippen LogP contribution in [0.2, 0.25) is 5.02 Å². The molecule has 0 saturated carbocycles. The number of benzene rings is 1. The number of halogens is 2. The number of carbonyl (C=O) groups excluding carboxylic acids is 1. The summed E-state index contributed by atoms with van der Waals surface area (Å²) in [6.45, 7) is 2.37. The van der Waals surface area contributed by atoms with Crippen molar-refractivity contribution in [2.24, 2.45) is 0 Å². The van der Waals surface area contributed by atoms with E-state index in [2.05, 4.69) is 21.9 Å². The maximum absolute atomic E-state index is 13.2. The molecule has 4 rings (SSSR count). The summed E-state index contributed by atoms with van der Waals surface area (Å²) in [6.07, 6.45) is 4.70. The minimum atomic E-state index is -0.388. The largest absolute Gasteiger partial charge is 0.348 e. The number of aromatic nitrogens is 2. The number of rotatable bonds is 2. The van der Waals surface area contributed by atoms with Gasteiger partial charge in [-0.3, -0.25) is 9.69 Å². The second-order valence-corrected chi connectivity index (χ2v) is 7.63. The van der Waals surface area contributed by atoms with Crippen LogP contribution in [0.3, 0.4) is 0 Å². The Bertz CT molecular complexity index is 829. The van der Waals surface area contributed by atoms with Crippen molar-refractivity contribution < 1.29 is 9.18 Å². The third kappa shape index (κ3) is 2.91. The molecular formula is C19H22ClFN4O. The molecule has 1 amide bonds. The van der Waals surface area contributed by atoms with E-state index in [0.717, 1.165) is 31.5 Å². The highest BCUT2D eigenvalue weighted by atomic mass is 35.5. The minimum absolute atomic E-state index is 0.0362. The number of nitrogens with one attached hydrogen (secondary N) is 1. The lowest BCUT2D eigenvalue weighted by molar-refractivity contribution is -0.133. The first-order valence-electron chi connectivity index (χ1n) is 8.95. The molecule has 1 aromatic heterocycles. The molecule has 1 N–H and O–H groups in total. The maximum atomic E-state index is 13.2. The van der Waals surface area contributed by atoms with Crippen LogP contribution in [0.1, 0.15) is 29.8 Å². The van der Waals surface area contributed by atoms with Gasteiger partial charge in [0.1, 0.15) is 5.82 Å².